The number of imide groups is 2. The van der Waals surface area contributed by atoms with Crippen molar-refractivity contribution in [3.63, 3.8) is 0 Å². The minimum absolute atomic E-state index is 0.00475. The molecule has 35 heavy (non-hydrogen) atoms. The van der Waals surface area contributed by atoms with Crippen LogP contribution < -0.4 is 5.32 Å². The number of likely N-dealkylation sites (tertiary alicyclic amines) is 1. The second-order valence-electron chi connectivity index (χ2n) is 9.23. The molecule has 2 saturated heterocycles. The van der Waals surface area contributed by atoms with E-state index in [0.717, 1.165) is 10.5 Å². The standard InChI is InChI=1S/C25H23ClFN3O5/c26-21-17(25(35)9-11-29(12-10-25)13-14-1-3-15(27)4-2-14)6-5-16-20(21)24(34)30(23(16)33)18-7-8-19(31)28-22(18)32/h1-6,18,35H,7-13H2,(H,28,31,32). The number of amides is 4. The zero-order chi connectivity index (χ0) is 24.9. The Hall–Kier alpha value is -3.14. The van der Waals surface area contributed by atoms with Crippen molar-refractivity contribution in [3.8, 4) is 0 Å². The molecule has 2 aromatic carbocycles. The monoisotopic (exact) mass is 499 g/mol. The number of fused-ring (bicyclic) bond motifs is 1. The molecule has 1 unspecified atom stereocenters. The Kier molecular flexibility index (Phi) is 5.94. The summed E-state index contributed by atoms with van der Waals surface area (Å²) in [4.78, 5) is 53.0. The Labute approximate surface area is 205 Å². The zero-order valence-corrected chi connectivity index (χ0v) is 19.5. The molecule has 4 amide bonds. The summed E-state index contributed by atoms with van der Waals surface area (Å²) >= 11 is 6.62. The summed E-state index contributed by atoms with van der Waals surface area (Å²) in [6, 6.07) is 8.22. The van der Waals surface area contributed by atoms with Gasteiger partial charge >= 0.3 is 0 Å². The van der Waals surface area contributed by atoms with E-state index in [1.165, 1.54) is 18.2 Å². The topological polar surface area (TPSA) is 107 Å². The van der Waals surface area contributed by atoms with Gasteiger partial charge in [-0.05, 0) is 43.0 Å². The van der Waals surface area contributed by atoms with E-state index in [1.54, 1.807) is 18.2 Å². The van der Waals surface area contributed by atoms with Crippen molar-refractivity contribution in [2.45, 2.75) is 43.9 Å². The quantitative estimate of drug-likeness (QED) is 0.625. The van der Waals surface area contributed by atoms with Crippen molar-refractivity contribution < 1.29 is 28.7 Å². The normalized spacial score (nSPS) is 22.4. The first-order valence-electron chi connectivity index (χ1n) is 11.4. The number of carbonyl (C=O) groups excluding carboxylic acids is 4. The summed E-state index contributed by atoms with van der Waals surface area (Å²) in [5.74, 6) is -2.79. The molecule has 2 N–H and O–H groups in total. The Morgan fingerprint density at radius 3 is 2.37 bits per heavy atom. The minimum atomic E-state index is -1.29. The van der Waals surface area contributed by atoms with E-state index in [2.05, 4.69) is 10.2 Å². The highest BCUT2D eigenvalue weighted by atomic mass is 35.5. The Bertz CT molecular complexity index is 1240. The largest absolute Gasteiger partial charge is 0.385 e. The van der Waals surface area contributed by atoms with Crippen LogP contribution in [0.3, 0.4) is 0 Å². The minimum Gasteiger partial charge on any atom is -0.385 e. The lowest BCUT2D eigenvalue weighted by Gasteiger charge is -2.39. The van der Waals surface area contributed by atoms with Crippen molar-refractivity contribution in [2.24, 2.45) is 0 Å². The molecule has 0 aromatic heterocycles. The molecule has 3 heterocycles. The van der Waals surface area contributed by atoms with Crippen LogP contribution in [-0.2, 0) is 21.7 Å². The number of hydrogen-bond donors (Lipinski definition) is 2. The van der Waals surface area contributed by atoms with Gasteiger partial charge in [-0.15, -0.1) is 0 Å². The fourth-order valence-electron chi connectivity index (χ4n) is 5.08. The van der Waals surface area contributed by atoms with E-state index in [9.17, 15) is 28.7 Å². The highest BCUT2D eigenvalue weighted by Gasteiger charge is 2.47. The lowest BCUT2D eigenvalue weighted by atomic mass is 9.83. The van der Waals surface area contributed by atoms with Gasteiger partial charge in [0.15, 0.2) is 0 Å². The average Bonchev–Trinajstić information content (AvgIpc) is 3.08. The van der Waals surface area contributed by atoms with Crippen LogP contribution in [0, 0.1) is 5.82 Å². The van der Waals surface area contributed by atoms with Gasteiger partial charge in [0.25, 0.3) is 11.8 Å². The summed E-state index contributed by atoms with van der Waals surface area (Å²) in [5, 5.41) is 13.6. The first-order chi connectivity index (χ1) is 16.7. The van der Waals surface area contributed by atoms with Crippen LogP contribution >= 0.6 is 11.6 Å². The van der Waals surface area contributed by atoms with Gasteiger partial charge in [-0.25, -0.2) is 4.39 Å². The molecule has 0 spiro atoms. The maximum Gasteiger partial charge on any atom is 0.263 e. The number of rotatable bonds is 4. The predicted octanol–water partition coefficient (Wildman–Crippen LogP) is 2.36. The maximum atomic E-state index is 13.2. The van der Waals surface area contributed by atoms with Gasteiger partial charge in [0, 0.05) is 31.6 Å². The Morgan fingerprint density at radius 1 is 1.03 bits per heavy atom. The molecule has 0 radical (unpaired) electrons. The molecule has 3 aliphatic rings. The van der Waals surface area contributed by atoms with Crippen LogP contribution in [-0.4, -0.2) is 57.7 Å². The molecule has 2 aromatic rings. The molecule has 8 nitrogen and oxygen atoms in total. The average molecular weight is 500 g/mol. The van der Waals surface area contributed by atoms with Crippen LogP contribution in [0.25, 0.3) is 0 Å². The highest BCUT2D eigenvalue weighted by molar-refractivity contribution is 6.38. The molecule has 10 heteroatoms. The molecule has 0 bridgehead atoms. The molecule has 182 valence electrons. The second-order valence-corrected chi connectivity index (χ2v) is 9.61. The Balaban J connectivity index is 1.35. The van der Waals surface area contributed by atoms with Gasteiger partial charge in [-0.2, -0.15) is 0 Å². The number of carbonyl (C=O) groups is 4. The zero-order valence-electron chi connectivity index (χ0n) is 18.7. The van der Waals surface area contributed by atoms with Crippen LogP contribution in [0.15, 0.2) is 36.4 Å². The first-order valence-corrected chi connectivity index (χ1v) is 11.8. The maximum absolute atomic E-state index is 13.2. The van der Waals surface area contributed by atoms with Crippen LogP contribution in [0.2, 0.25) is 5.02 Å². The third-order valence-electron chi connectivity index (χ3n) is 7.05. The highest BCUT2D eigenvalue weighted by Crippen LogP contribution is 2.42. The van der Waals surface area contributed by atoms with Crippen molar-refractivity contribution in [2.75, 3.05) is 13.1 Å². The number of nitrogens with one attached hydrogen (secondary N) is 1. The third-order valence-corrected chi connectivity index (χ3v) is 7.44. The summed E-state index contributed by atoms with van der Waals surface area (Å²) in [6.07, 6.45) is 0.781. The number of aliphatic hydroxyl groups is 1. The lowest BCUT2D eigenvalue weighted by molar-refractivity contribution is -0.136. The summed E-state index contributed by atoms with van der Waals surface area (Å²) in [6.45, 7) is 1.72. The van der Waals surface area contributed by atoms with Crippen LogP contribution in [0.5, 0.6) is 0 Å². The van der Waals surface area contributed by atoms with E-state index >= 15 is 0 Å². The number of hydrogen-bond acceptors (Lipinski definition) is 6. The van der Waals surface area contributed by atoms with E-state index < -0.39 is 35.3 Å². The summed E-state index contributed by atoms with van der Waals surface area (Å²) < 4.78 is 13.2. The number of halogens is 2. The predicted molar refractivity (Wildman–Crippen MR) is 123 cm³/mol. The third kappa shape index (κ3) is 4.13. The van der Waals surface area contributed by atoms with Crippen molar-refractivity contribution in [1.29, 1.82) is 0 Å². The van der Waals surface area contributed by atoms with E-state index in [-0.39, 0.29) is 34.8 Å². The molecule has 1 atom stereocenters. The number of piperidine rings is 2. The molecule has 0 aliphatic carbocycles. The van der Waals surface area contributed by atoms with Crippen molar-refractivity contribution in [1.82, 2.24) is 15.1 Å². The lowest BCUT2D eigenvalue weighted by Crippen LogP contribution is -2.54. The van der Waals surface area contributed by atoms with Crippen LogP contribution in [0.4, 0.5) is 4.39 Å². The molecule has 5 rings (SSSR count). The van der Waals surface area contributed by atoms with Gasteiger partial charge < -0.3 is 5.11 Å². The van der Waals surface area contributed by atoms with Crippen molar-refractivity contribution in [3.05, 3.63) is 69.5 Å². The van der Waals surface area contributed by atoms with Gasteiger partial charge in [0.05, 0.1) is 21.8 Å². The molecule has 2 fully saturated rings. The molecule has 0 saturated carbocycles. The van der Waals surface area contributed by atoms with E-state index in [0.29, 0.717) is 38.0 Å². The summed E-state index contributed by atoms with van der Waals surface area (Å²) in [5.41, 5.74) is 0.0825. The number of benzene rings is 2. The fourth-order valence-corrected chi connectivity index (χ4v) is 5.50. The number of nitrogens with zero attached hydrogens (tertiary/aromatic N) is 2. The first kappa shape index (κ1) is 23.6. The second kappa shape index (κ2) is 8.82. The molecular formula is C25H23ClFN3O5. The fraction of sp³-hybridized carbons (Fsp3) is 0.360. The van der Waals surface area contributed by atoms with Gasteiger partial charge in [0.2, 0.25) is 11.8 Å². The molecular weight excluding hydrogens is 477 g/mol. The van der Waals surface area contributed by atoms with E-state index in [4.69, 9.17) is 11.6 Å². The van der Waals surface area contributed by atoms with Crippen molar-refractivity contribution >= 4 is 35.2 Å². The van der Waals surface area contributed by atoms with Crippen LogP contribution in [0.1, 0.15) is 57.5 Å². The smallest absolute Gasteiger partial charge is 0.263 e. The van der Waals surface area contributed by atoms with Gasteiger partial charge in [0.1, 0.15) is 11.9 Å². The van der Waals surface area contributed by atoms with Gasteiger partial charge in [-0.3, -0.25) is 34.3 Å². The van der Waals surface area contributed by atoms with Gasteiger partial charge in [-0.1, -0.05) is 29.8 Å². The summed E-state index contributed by atoms with van der Waals surface area (Å²) in [7, 11) is 0. The molecule has 3 aliphatic heterocycles. The Morgan fingerprint density at radius 2 is 1.71 bits per heavy atom. The SMILES string of the molecule is O=C1CCC(N2C(=O)c3ccc(C4(O)CCN(Cc5ccc(F)cc5)CC4)c(Cl)c3C2=O)C(=O)N1. The van der Waals surface area contributed by atoms with E-state index in [1.807, 2.05) is 0 Å².